The van der Waals surface area contributed by atoms with E-state index in [1.807, 2.05) is 6.07 Å². The van der Waals surface area contributed by atoms with Crippen molar-refractivity contribution < 1.29 is 13.2 Å². The van der Waals surface area contributed by atoms with Gasteiger partial charge in [-0.1, -0.05) is 39.0 Å². The highest BCUT2D eigenvalue weighted by molar-refractivity contribution is 5.35. The van der Waals surface area contributed by atoms with Gasteiger partial charge in [0.05, 0.1) is 5.56 Å². The van der Waals surface area contributed by atoms with Crippen LogP contribution in [0.25, 0.3) is 0 Å². The van der Waals surface area contributed by atoms with Gasteiger partial charge in [0, 0.05) is 12.0 Å². The molecule has 1 aromatic carbocycles. The molecule has 2 atom stereocenters. The minimum atomic E-state index is -4.27. The lowest BCUT2D eigenvalue weighted by Crippen LogP contribution is -2.50. The Hall–Kier alpha value is -1.03. The summed E-state index contributed by atoms with van der Waals surface area (Å²) in [7, 11) is 0. The van der Waals surface area contributed by atoms with E-state index in [2.05, 4.69) is 26.1 Å². The van der Waals surface area contributed by atoms with Crippen molar-refractivity contribution in [2.24, 2.45) is 11.8 Å². The molecule has 0 aliphatic heterocycles. The zero-order valence-electron chi connectivity index (χ0n) is 12.9. The molecule has 0 radical (unpaired) electrons. The topological polar surface area (TPSA) is 12.0 Å². The van der Waals surface area contributed by atoms with E-state index in [1.54, 1.807) is 0 Å². The Morgan fingerprint density at radius 1 is 1.33 bits per heavy atom. The molecule has 4 heteroatoms. The van der Waals surface area contributed by atoms with E-state index in [9.17, 15) is 13.2 Å². The minimum absolute atomic E-state index is 0.143. The third-order valence-corrected chi connectivity index (χ3v) is 4.72. The summed E-state index contributed by atoms with van der Waals surface area (Å²) < 4.78 is 38.8. The first-order valence-corrected chi connectivity index (χ1v) is 7.64. The number of nitrogens with one attached hydrogen (secondary N) is 1. The van der Waals surface area contributed by atoms with Crippen molar-refractivity contribution in [3.63, 3.8) is 0 Å². The van der Waals surface area contributed by atoms with Crippen LogP contribution in [-0.4, -0.2) is 13.1 Å². The standard InChI is InChI=1S/C17H24F3N/c1-12(2)10-21-11-16(8-7-13(16)3)14-5-4-6-15(9-14)17(18,19)20/h4-6,9,12-13,21H,7-8,10-11H2,1-3H3. The molecule has 0 heterocycles. The van der Waals surface area contributed by atoms with Crippen molar-refractivity contribution in [3.05, 3.63) is 35.4 Å². The van der Waals surface area contributed by atoms with E-state index in [1.165, 1.54) is 12.1 Å². The van der Waals surface area contributed by atoms with E-state index < -0.39 is 11.7 Å². The van der Waals surface area contributed by atoms with Crippen molar-refractivity contribution in [1.82, 2.24) is 5.32 Å². The molecule has 0 aromatic heterocycles. The van der Waals surface area contributed by atoms with Gasteiger partial charge >= 0.3 is 6.18 Å². The highest BCUT2D eigenvalue weighted by Gasteiger charge is 2.45. The molecule has 1 aliphatic rings. The maximum absolute atomic E-state index is 12.9. The summed E-state index contributed by atoms with van der Waals surface area (Å²) in [6.07, 6.45) is -2.23. The van der Waals surface area contributed by atoms with Crippen LogP contribution in [0, 0.1) is 11.8 Å². The molecule has 0 bridgehead atoms. The van der Waals surface area contributed by atoms with E-state index in [-0.39, 0.29) is 5.41 Å². The Balaban J connectivity index is 2.22. The van der Waals surface area contributed by atoms with Crippen LogP contribution in [-0.2, 0) is 11.6 Å². The number of benzene rings is 1. The third-order valence-electron chi connectivity index (χ3n) is 4.72. The third kappa shape index (κ3) is 3.42. The molecule has 1 N–H and O–H groups in total. The van der Waals surface area contributed by atoms with E-state index in [0.29, 0.717) is 11.8 Å². The molecule has 1 fully saturated rings. The lowest BCUT2D eigenvalue weighted by atomic mass is 9.57. The SMILES string of the molecule is CC(C)CNCC1(c2cccc(C(F)(F)F)c2)CCC1C. The Kier molecular flexibility index (Phi) is 4.66. The maximum Gasteiger partial charge on any atom is 0.416 e. The van der Waals surface area contributed by atoms with Crippen LogP contribution in [0.1, 0.15) is 44.7 Å². The van der Waals surface area contributed by atoms with Gasteiger partial charge in [-0.2, -0.15) is 13.2 Å². The highest BCUT2D eigenvalue weighted by atomic mass is 19.4. The van der Waals surface area contributed by atoms with Crippen LogP contribution in [0.2, 0.25) is 0 Å². The molecule has 2 unspecified atom stereocenters. The van der Waals surface area contributed by atoms with Gasteiger partial charge in [0.1, 0.15) is 0 Å². The van der Waals surface area contributed by atoms with Gasteiger partial charge in [0.2, 0.25) is 0 Å². The van der Waals surface area contributed by atoms with Crippen molar-refractivity contribution in [2.75, 3.05) is 13.1 Å². The first-order valence-electron chi connectivity index (χ1n) is 7.64. The minimum Gasteiger partial charge on any atom is -0.316 e. The number of rotatable bonds is 5. The quantitative estimate of drug-likeness (QED) is 0.836. The van der Waals surface area contributed by atoms with Crippen molar-refractivity contribution >= 4 is 0 Å². The van der Waals surface area contributed by atoms with Crippen LogP contribution in [0.15, 0.2) is 24.3 Å². The van der Waals surface area contributed by atoms with Gasteiger partial charge in [-0.05, 0) is 42.9 Å². The predicted molar refractivity (Wildman–Crippen MR) is 79.2 cm³/mol. The van der Waals surface area contributed by atoms with E-state index in [0.717, 1.165) is 37.6 Å². The molecule has 1 nitrogen and oxygen atoms in total. The average Bonchev–Trinajstić information content (AvgIpc) is 2.40. The Bertz CT molecular complexity index is 481. The molecule has 2 rings (SSSR count). The second kappa shape index (κ2) is 5.99. The van der Waals surface area contributed by atoms with Crippen molar-refractivity contribution in [3.8, 4) is 0 Å². The van der Waals surface area contributed by atoms with Gasteiger partial charge in [-0.3, -0.25) is 0 Å². The van der Waals surface area contributed by atoms with Crippen LogP contribution >= 0.6 is 0 Å². The lowest BCUT2D eigenvalue weighted by molar-refractivity contribution is -0.137. The largest absolute Gasteiger partial charge is 0.416 e. The maximum atomic E-state index is 12.9. The van der Waals surface area contributed by atoms with Gasteiger partial charge in [0.15, 0.2) is 0 Å². The molecule has 1 aromatic rings. The number of hydrogen-bond acceptors (Lipinski definition) is 1. The highest BCUT2D eigenvalue weighted by Crippen LogP contribution is 2.49. The lowest BCUT2D eigenvalue weighted by Gasteiger charge is -2.49. The molecular formula is C17H24F3N. The fraction of sp³-hybridized carbons (Fsp3) is 0.647. The fourth-order valence-electron chi connectivity index (χ4n) is 3.16. The molecule has 0 spiro atoms. The second-order valence-electron chi connectivity index (χ2n) is 6.70. The van der Waals surface area contributed by atoms with Crippen LogP contribution in [0.5, 0.6) is 0 Å². The van der Waals surface area contributed by atoms with E-state index >= 15 is 0 Å². The Morgan fingerprint density at radius 3 is 2.52 bits per heavy atom. The molecule has 0 saturated heterocycles. The summed E-state index contributed by atoms with van der Waals surface area (Å²) in [6.45, 7) is 8.06. The molecule has 21 heavy (non-hydrogen) atoms. The monoisotopic (exact) mass is 299 g/mol. The average molecular weight is 299 g/mol. The normalized spacial score (nSPS) is 26.0. The molecule has 1 saturated carbocycles. The molecular weight excluding hydrogens is 275 g/mol. The van der Waals surface area contributed by atoms with Gasteiger partial charge in [0.25, 0.3) is 0 Å². The fourth-order valence-corrected chi connectivity index (χ4v) is 3.16. The van der Waals surface area contributed by atoms with Crippen LogP contribution < -0.4 is 5.32 Å². The van der Waals surface area contributed by atoms with Crippen molar-refractivity contribution in [2.45, 2.75) is 45.2 Å². The van der Waals surface area contributed by atoms with Gasteiger partial charge < -0.3 is 5.32 Å². The summed E-state index contributed by atoms with van der Waals surface area (Å²) in [5.74, 6) is 0.958. The number of halogens is 3. The van der Waals surface area contributed by atoms with Gasteiger partial charge in [-0.25, -0.2) is 0 Å². The summed E-state index contributed by atoms with van der Waals surface area (Å²) in [5.41, 5.74) is 0.144. The molecule has 0 amide bonds. The Morgan fingerprint density at radius 2 is 2.05 bits per heavy atom. The predicted octanol–water partition coefficient (Wildman–Crippen LogP) is 4.62. The molecule has 118 valence electrons. The second-order valence-corrected chi connectivity index (χ2v) is 6.70. The Labute approximate surface area is 124 Å². The first kappa shape index (κ1) is 16.3. The van der Waals surface area contributed by atoms with Crippen LogP contribution in [0.4, 0.5) is 13.2 Å². The first-order chi connectivity index (χ1) is 9.75. The van der Waals surface area contributed by atoms with Gasteiger partial charge in [-0.15, -0.1) is 0 Å². The summed E-state index contributed by atoms with van der Waals surface area (Å²) in [5, 5.41) is 3.43. The summed E-state index contributed by atoms with van der Waals surface area (Å²) in [6, 6.07) is 5.88. The van der Waals surface area contributed by atoms with Crippen LogP contribution in [0.3, 0.4) is 0 Å². The van der Waals surface area contributed by atoms with E-state index in [4.69, 9.17) is 0 Å². The zero-order valence-corrected chi connectivity index (χ0v) is 12.9. The number of alkyl halides is 3. The van der Waals surface area contributed by atoms with Crippen molar-refractivity contribution in [1.29, 1.82) is 0 Å². The summed E-state index contributed by atoms with van der Waals surface area (Å²) >= 11 is 0. The zero-order chi connectivity index (χ0) is 15.7. The summed E-state index contributed by atoms with van der Waals surface area (Å²) in [4.78, 5) is 0. The smallest absolute Gasteiger partial charge is 0.316 e. The molecule has 1 aliphatic carbocycles. The number of hydrogen-bond donors (Lipinski definition) is 1.